The normalized spacial score (nSPS) is 17.4. The van der Waals surface area contributed by atoms with Crippen molar-refractivity contribution in [1.82, 2.24) is 4.57 Å². The van der Waals surface area contributed by atoms with Crippen molar-refractivity contribution in [3.63, 3.8) is 0 Å². The van der Waals surface area contributed by atoms with Gasteiger partial charge in [-0.1, -0.05) is 49.4 Å². The maximum Gasteiger partial charge on any atom is 0.0537 e. The number of allylic oxidation sites excluding steroid dienone is 1. The minimum Gasteiger partial charge on any atom is -0.310 e. The van der Waals surface area contributed by atoms with E-state index < -0.39 is 0 Å². The first kappa shape index (κ1) is 11.5. The Kier molecular flexibility index (Phi) is 2.53. The topological polar surface area (TPSA) is 4.93 Å². The minimum atomic E-state index is 0.623. The van der Waals surface area contributed by atoms with E-state index >= 15 is 0 Å². The zero-order valence-corrected chi connectivity index (χ0v) is 11.6. The average molecular weight is 259 g/mol. The summed E-state index contributed by atoms with van der Waals surface area (Å²) in [6.45, 7) is 2.29. The molecule has 20 heavy (non-hydrogen) atoms. The molecule has 0 radical (unpaired) electrons. The van der Waals surface area contributed by atoms with Gasteiger partial charge >= 0.3 is 0 Å². The van der Waals surface area contributed by atoms with Gasteiger partial charge in [0.05, 0.1) is 5.52 Å². The number of hydrogen-bond donors (Lipinski definition) is 0. The lowest BCUT2D eigenvalue weighted by Gasteiger charge is -2.15. The molecule has 1 aliphatic rings. The first-order valence-corrected chi connectivity index (χ1v) is 7.20. The summed E-state index contributed by atoms with van der Waals surface area (Å²) in [5.41, 5.74) is 5.38. The Labute approximate surface area is 119 Å². The maximum atomic E-state index is 2.38. The molecule has 1 atom stereocenters. The first-order valence-electron chi connectivity index (χ1n) is 7.20. The lowest BCUT2D eigenvalue weighted by molar-refractivity contribution is 0.718. The van der Waals surface area contributed by atoms with Crippen molar-refractivity contribution in [2.75, 3.05) is 0 Å². The van der Waals surface area contributed by atoms with Gasteiger partial charge < -0.3 is 4.57 Å². The highest BCUT2D eigenvalue weighted by Crippen LogP contribution is 2.34. The van der Waals surface area contributed by atoms with Crippen LogP contribution in [0.15, 0.2) is 60.7 Å². The van der Waals surface area contributed by atoms with Crippen molar-refractivity contribution in [1.29, 1.82) is 0 Å². The molecule has 0 N–H and O–H groups in total. The molecular weight excluding hydrogens is 242 g/mol. The highest BCUT2D eigenvalue weighted by molar-refractivity contribution is 5.90. The van der Waals surface area contributed by atoms with Crippen LogP contribution in [0.3, 0.4) is 0 Å². The fourth-order valence-corrected chi connectivity index (χ4v) is 3.22. The molecule has 4 rings (SSSR count). The highest BCUT2D eigenvalue weighted by Gasteiger charge is 2.20. The van der Waals surface area contributed by atoms with Gasteiger partial charge in [0, 0.05) is 16.8 Å². The molecule has 1 heterocycles. The third-order valence-electron chi connectivity index (χ3n) is 4.14. The second kappa shape index (κ2) is 4.38. The first-order chi connectivity index (χ1) is 9.84. The summed E-state index contributed by atoms with van der Waals surface area (Å²) >= 11 is 0. The van der Waals surface area contributed by atoms with Crippen LogP contribution in [0, 0.1) is 5.92 Å². The van der Waals surface area contributed by atoms with E-state index in [2.05, 4.69) is 78.2 Å². The van der Waals surface area contributed by atoms with Crippen LogP contribution in [0.2, 0.25) is 0 Å². The van der Waals surface area contributed by atoms with Gasteiger partial charge in [-0.15, -0.1) is 0 Å². The molecule has 1 aliphatic carbocycles. The van der Waals surface area contributed by atoms with E-state index in [1.807, 2.05) is 0 Å². The van der Waals surface area contributed by atoms with Gasteiger partial charge in [0.25, 0.3) is 0 Å². The molecule has 2 aromatic carbocycles. The third-order valence-corrected chi connectivity index (χ3v) is 4.14. The number of para-hydroxylation sites is 2. The van der Waals surface area contributed by atoms with Crippen molar-refractivity contribution in [3.05, 3.63) is 71.9 Å². The summed E-state index contributed by atoms with van der Waals surface area (Å²) in [4.78, 5) is 0. The summed E-state index contributed by atoms with van der Waals surface area (Å²) in [5.74, 6) is 0.623. The van der Waals surface area contributed by atoms with Crippen LogP contribution in [0.25, 0.3) is 22.7 Å². The van der Waals surface area contributed by atoms with E-state index in [0.717, 1.165) is 6.42 Å². The quantitative estimate of drug-likeness (QED) is 0.589. The molecule has 1 aromatic heterocycles. The van der Waals surface area contributed by atoms with Crippen molar-refractivity contribution in [2.45, 2.75) is 13.3 Å². The minimum absolute atomic E-state index is 0.623. The van der Waals surface area contributed by atoms with Gasteiger partial charge in [0.1, 0.15) is 0 Å². The molecule has 98 valence electrons. The zero-order chi connectivity index (χ0) is 13.5. The number of hydrogen-bond acceptors (Lipinski definition) is 0. The Hall–Kier alpha value is -2.28. The van der Waals surface area contributed by atoms with E-state index in [1.165, 1.54) is 27.8 Å². The molecule has 0 amide bonds. The molecule has 0 unspecified atom stereocenters. The van der Waals surface area contributed by atoms with Crippen molar-refractivity contribution >= 4 is 17.0 Å². The average Bonchev–Trinajstić information content (AvgIpc) is 2.82. The van der Waals surface area contributed by atoms with Crippen LogP contribution in [0.4, 0.5) is 0 Å². The van der Waals surface area contributed by atoms with Crippen LogP contribution in [-0.4, -0.2) is 4.57 Å². The van der Waals surface area contributed by atoms with Gasteiger partial charge in [-0.05, 0) is 42.2 Å². The summed E-state index contributed by atoms with van der Waals surface area (Å²) in [7, 11) is 0. The van der Waals surface area contributed by atoms with Gasteiger partial charge in [-0.2, -0.15) is 0 Å². The van der Waals surface area contributed by atoms with Crippen LogP contribution in [0.5, 0.6) is 0 Å². The Morgan fingerprint density at radius 3 is 2.55 bits per heavy atom. The SMILES string of the molecule is C[C@@H]1C=Cc2c(c3ccccc3n2-c2ccccc2)C1. The van der Waals surface area contributed by atoms with E-state index in [0.29, 0.717) is 5.92 Å². The predicted molar refractivity (Wildman–Crippen MR) is 85.2 cm³/mol. The largest absolute Gasteiger partial charge is 0.310 e. The van der Waals surface area contributed by atoms with E-state index in [1.54, 1.807) is 0 Å². The lowest BCUT2D eigenvalue weighted by atomic mass is 9.93. The van der Waals surface area contributed by atoms with Crippen LogP contribution < -0.4 is 0 Å². The van der Waals surface area contributed by atoms with Crippen molar-refractivity contribution in [3.8, 4) is 5.69 Å². The number of nitrogens with zero attached hydrogens (tertiary/aromatic N) is 1. The van der Waals surface area contributed by atoms with E-state index in [9.17, 15) is 0 Å². The number of benzene rings is 2. The number of fused-ring (bicyclic) bond motifs is 3. The summed E-state index contributed by atoms with van der Waals surface area (Å²) < 4.78 is 2.38. The maximum absolute atomic E-state index is 2.38. The zero-order valence-electron chi connectivity index (χ0n) is 11.6. The molecular formula is C19H17N. The monoisotopic (exact) mass is 259 g/mol. The van der Waals surface area contributed by atoms with Crippen LogP contribution in [0.1, 0.15) is 18.2 Å². The fourth-order valence-electron chi connectivity index (χ4n) is 3.22. The molecule has 0 aliphatic heterocycles. The van der Waals surface area contributed by atoms with Crippen molar-refractivity contribution < 1.29 is 0 Å². The van der Waals surface area contributed by atoms with Gasteiger partial charge in [-0.3, -0.25) is 0 Å². The third kappa shape index (κ3) is 1.63. The molecule has 0 saturated carbocycles. The number of rotatable bonds is 1. The second-order valence-electron chi connectivity index (χ2n) is 5.59. The standard InChI is InChI=1S/C19H17N/c1-14-11-12-19-17(13-14)16-9-5-6-10-18(16)20(19)15-7-3-2-4-8-15/h2-12,14H,13H2,1H3/t14-/m1/s1. The van der Waals surface area contributed by atoms with E-state index in [4.69, 9.17) is 0 Å². The Bertz CT molecular complexity index is 793. The molecule has 1 nitrogen and oxygen atoms in total. The number of aromatic nitrogens is 1. The molecule has 3 aromatic rings. The summed E-state index contributed by atoms with van der Waals surface area (Å²) in [6.07, 6.45) is 5.74. The molecule has 0 spiro atoms. The Morgan fingerprint density at radius 2 is 1.70 bits per heavy atom. The predicted octanol–water partition coefficient (Wildman–Crippen LogP) is 4.84. The van der Waals surface area contributed by atoms with Gasteiger partial charge in [0.2, 0.25) is 0 Å². The molecule has 1 heteroatoms. The smallest absolute Gasteiger partial charge is 0.0537 e. The lowest BCUT2D eigenvalue weighted by Crippen LogP contribution is -2.05. The Morgan fingerprint density at radius 1 is 0.950 bits per heavy atom. The second-order valence-corrected chi connectivity index (χ2v) is 5.59. The van der Waals surface area contributed by atoms with Crippen LogP contribution >= 0.6 is 0 Å². The molecule has 0 saturated heterocycles. The van der Waals surface area contributed by atoms with E-state index in [-0.39, 0.29) is 0 Å². The molecule has 0 fully saturated rings. The Balaban J connectivity index is 2.10. The highest BCUT2D eigenvalue weighted by atomic mass is 15.0. The fraction of sp³-hybridized carbons (Fsp3) is 0.158. The molecule has 0 bridgehead atoms. The summed E-state index contributed by atoms with van der Waals surface area (Å²) in [6, 6.07) is 19.4. The van der Waals surface area contributed by atoms with Crippen LogP contribution in [-0.2, 0) is 6.42 Å². The van der Waals surface area contributed by atoms with Gasteiger partial charge in [0.15, 0.2) is 0 Å². The van der Waals surface area contributed by atoms with Crippen molar-refractivity contribution in [2.24, 2.45) is 5.92 Å². The van der Waals surface area contributed by atoms with Gasteiger partial charge in [-0.25, -0.2) is 0 Å². The summed E-state index contributed by atoms with van der Waals surface area (Å²) in [5, 5.41) is 1.39.